The van der Waals surface area contributed by atoms with Crippen molar-refractivity contribution in [2.45, 2.75) is 37.8 Å². The van der Waals surface area contributed by atoms with Crippen LogP contribution in [0.4, 0.5) is 0 Å². The molecule has 1 saturated heterocycles. The van der Waals surface area contributed by atoms with Gasteiger partial charge in [-0.15, -0.1) is 0 Å². The van der Waals surface area contributed by atoms with Gasteiger partial charge in [-0.2, -0.15) is 0 Å². The summed E-state index contributed by atoms with van der Waals surface area (Å²) in [5, 5.41) is 10.0. The van der Waals surface area contributed by atoms with Crippen LogP contribution in [0.5, 0.6) is 5.75 Å². The predicted octanol–water partition coefficient (Wildman–Crippen LogP) is 4.00. The van der Waals surface area contributed by atoms with Gasteiger partial charge in [-0.25, -0.2) is 0 Å². The molecule has 0 amide bonds. The first kappa shape index (κ1) is 17.0. The van der Waals surface area contributed by atoms with Gasteiger partial charge in [-0.05, 0) is 55.5 Å². The monoisotopic (exact) mass is 325 g/mol. The van der Waals surface area contributed by atoms with E-state index in [0.29, 0.717) is 12.0 Å². The number of nitrogens with zero attached hydrogens (tertiary/aromatic N) is 1. The Morgan fingerprint density at radius 2 is 1.96 bits per heavy atom. The van der Waals surface area contributed by atoms with Gasteiger partial charge in [0.1, 0.15) is 5.75 Å². The lowest BCUT2D eigenvalue weighted by molar-refractivity contribution is 0.0523. The molecule has 0 aromatic heterocycles. The standard InChI is InChI=1S/C21H27NO2/c1-16-20(18-10-6-11-19(14-18)24-2)12-7-13-22(16)21(15-23)17-8-4-3-5-9-17/h3-6,8-11,14,16,20-21,23H,7,12-13,15H2,1-2H3/t16-,20-,21+/m1/s1. The molecule has 1 aliphatic rings. The van der Waals surface area contributed by atoms with Crippen molar-refractivity contribution in [1.29, 1.82) is 0 Å². The Kier molecular flexibility index (Phi) is 5.54. The largest absolute Gasteiger partial charge is 0.497 e. The number of hydrogen-bond donors (Lipinski definition) is 1. The molecule has 24 heavy (non-hydrogen) atoms. The van der Waals surface area contributed by atoms with Crippen molar-refractivity contribution in [3.63, 3.8) is 0 Å². The molecule has 1 heterocycles. The van der Waals surface area contributed by atoms with Crippen LogP contribution in [0.25, 0.3) is 0 Å². The molecule has 0 saturated carbocycles. The zero-order valence-electron chi connectivity index (χ0n) is 14.6. The number of aliphatic hydroxyl groups excluding tert-OH is 1. The smallest absolute Gasteiger partial charge is 0.119 e. The normalized spacial score (nSPS) is 23.0. The van der Waals surface area contributed by atoms with E-state index in [1.165, 1.54) is 17.5 Å². The predicted molar refractivity (Wildman–Crippen MR) is 97.4 cm³/mol. The second-order valence-electron chi connectivity index (χ2n) is 6.61. The van der Waals surface area contributed by atoms with Gasteiger partial charge in [0.05, 0.1) is 19.8 Å². The molecule has 0 spiro atoms. The number of rotatable bonds is 5. The minimum absolute atomic E-state index is 0.0645. The highest BCUT2D eigenvalue weighted by atomic mass is 16.5. The molecule has 3 heteroatoms. The van der Waals surface area contributed by atoms with E-state index >= 15 is 0 Å². The summed E-state index contributed by atoms with van der Waals surface area (Å²) in [6.07, 6.45) is 2.33. The highest BCUT2D eigenvalue weighted by Gasteiger charge is 2.33. The van der Waals surface area contributed by atoms with Gasteiger partial charge in [0.2, 0.25) is 0 Å². The molecule has 1 fully saturated rings. The van der Waals surface area contributed by atoms with Crippen LogP contribution < -0.4 is 4.74 Å². The molecule has 2 aromatic carbocycles. The number of likely N-dealkylation sites (tertiary alicyclic amines) is 1. The van der Waals surface area contributed by atoms with Crippen LogP contribution in [-0.2, 0) is 0 Å². The van der Waals surface area contributed by atoms with Crippen LogP contribution >= 0.6 is 0 Å². The molecule has 1 N–H and O–H groups in total. The summed E-state index contributed by atoms with van der Waals surface area (Å²) in [5.74, 6) is 1.38. The molecule has 0 radical (unpaired) electrons. The van der Waals surface area contributed by atoms with Gasteiger partial charge >= 0.3 is 0 Å². The van der Waals surface area contributed by atoms with Crippen molar-refractivity contribution in [1.82, 2.24) is 4.90 Å². The summed E-state index contributed by atoms with van der Waals surface area (Å²) in [7, 11) is 1.72. The molecule has 3 nitrogen and oxygen atoms in total. The number of aliphatic hydroxyl groups is 1. The fourth-order valence-corrected chi connectivity index (χ4v) is 4.00. The number of ether oxygens (including phenoxy) is 1. The Hall–Kier alpha value is -1.84. The van der Waals surface area contributed by atoms with Gasteiger partial charge in [0.15, 0.2) is 0 Å². The van der Waals surface area contributed by atoms with Gasteiger partial charge in [0.25, 0.3) is 0 Å². The quantitative estimate of drug-likeness (QED) is 0.902. The van der Waals surface area contributed by atoms with Crippen LogP contribution in [-0.4, -0.2) is 36.3 Å². The Morgan fingerprint density at radius 1 is 1.17 bits per heavy atom. The Labute approximate surface area is 144 Å². The van der Waals surface area contributed by atoms with Crippen molar-refractivity contribution in [3.05, 3.63) is 65.7 Å². The van der Waals surface area contributed by atoms with Crippen molar-refractivity contribution >= 4 is 0 Å². The van der Waals surface area contributed by atoms with E-state index in [2.05, 4.69) is 42.2 Å². The van der Waals surface area contributed by atoms with E-state index < -0.39 is 0 Å². The fraction of sp³-hybridized carbons (Fsp3) is 0.429. The molecular weight excluding hydrogens is 298 g/mol. The average Bonchev–Trinajstić information content (AvgIpc) is 2.64. The number of benzene rings is 2. The summed E-state index contributed by atoms with van der Waals surface area (Å²) < 4.78 is 5.39. The SMILES string of the molecule is COc1cccc([C@@H]2CCCN([C@@H](CO)c3ccccc3)[C@@H]2C)c1. The minimum atomic E-state index is 0.0645. The lowest BCUT2D eigenvalue weighted by atomic mass is 9.83. The van der Waals surface area contributed by atoms with Crippen LogP contribution in [0.1, 0.15) is 42.9 Å². The first-order valence-corrected chi connectivity index (χ1v) is 8.80. The fourth-order valence-electron chi connectivity index (χ4n) is 4.00. The summed E-state index contributed by atoms with van der Waals surface area (Å²) in [4.78, 5) is 2.46. The third kappa shape index (κ3) is 3.47. The maximum absolute atomic E-state index is 10.0. The zero-order valence-corrected chi connectivity index (χ0v) is 14.6. The van der Waals surface area contributed by atoms with E-state index in [0.717, 1.165) is 18.7 Å². The third-order valence-corrected chi connectivity index (χ3v) is 5.32. The summed E-state index contributed by atoms with van der Waals surface area (Å²) >= 11 is 0. The van der Waals surface area contributed by atoms with E-state index in [4.69, 9.17) is 4.74 Å². The van der Waals surface area contributed by atoms with Crippen molar-refractivity contribution in [3.8, 4) is 5.75 Å². The summed E-state index contributed by atoms with van der Waals surface area (Å²) in [5.41, 5.74) is 2.52. The summed E-state index contributed by atoms with van der Waals surface area (Å²) in [6, 6.07) is 19.2. The van der Waals surface area contributed by atoms with Gasteiger partial charge in [0, 0.05) is 6.04 Å². The molecule has 128 valence electrons. The lowest BCUT2D eigenvalue weighted by Gasteiger charge is -2.44. The Morgan fingerprint density at radius 3 is 2.67 bits per heavy atom. The second-order valence-corrected chi connectivity index (χ2v) is 6.61. The van der Waals surface area contributed by atoms with Crippen LogP contribution in [0.2, 0.25) is 0 Å². The average molecular weight is 325 g/mol. The molecule has 0 unspecified atom stereocenters. The first-order chi connectivity index (χ1) is 11.7. The third-order valence-electron chi connectivity index (χ3n) is 5.32. The lowest BCUT2D eigenvalue weighted by Crippen LogP contribution is -2.45. The molecule has 3 rings (SSSR count). The maximum atomic E-state index is 10.0. The zero-order chi connectivity index (χ0) is 16.9. The van der Waals surface area contributed by atoms with E-state index in [9.17, 15) is 5.11 Å². The maximum Gasteiger partial charge on any atom is 0.119 e. The van der Waals surface area contributed by atoms with Crippen LogP contribution in [0.15, 0.2) is 54.6 Å². The molecule has 2 aromatic rings. The van der Waals surface area contributed by atoms with Crippen molar-refractivity contribution in [2.24, 2.45) is 0 Å². The van der Waals surface area contributed by atoms with Crippen LogP contribution in [0, 0.1) is 0 Å². The van der Waals surface area contributed by atoms with Gasteiger partial charge in [-0.3, -0.25) is 4.90 Å². The topological polar surface area (TPSA) is 32.7 Å². The van der Waals surface area contributed by atoms with E-state index in [1.807, 2.05) is 24.3 Å². The molecule has 0 bridgehead atoms. The van der Waals surface area contributed by atoms with Crippen molar-refractivity contribution < 1.29 is 9.84 Å². The molecule has 1 aliphatic heterocycles. The number of hydrogen-bond acceptors (Lipinski definition) is 3. The summed E-state index contributed by atoms with van der Waals surface area (Å²) in [6.45, 7) is 3.47. The van der Waals surface area contributed by atoms with Gasteiger partial charge < -0.3 is 9.84 Å². The highest BCUT2D eigenvalue weighted by molar-refractivity contribution is 5.32. The van der Waals surface area contributed by atoms with Gasteiger partial charge in [-0.1, -0.05) is 42.5 Å². The van der Waals surface area contributed by atoms with Crippen molar-refractivity contribution in [2.75, 3.05) is 20.3 Å². The highest BCUT2D eigenvalue weighted by Crippen LogP contribution is 2.37. The van der Waals surface area contributed by atoms with Crippen LogP contribution in [0.3, 0.4) is 0 Å². The first-order valence-electron chi connectivity index (χ1n) is 8.80. The minimum Gasteiger partial charge on any atom is -0.497 e. The van der Waals surface area contributed by atoms with E-state index in [-0.39, 0.29) is 12.6 Å². The molecular formula is C21H27NO2. The van der Waals surface area contributed by atoms with E-state index in [1.54, 1.807) is 7.11 Å². The second kappa shape index (κ2) is 7.82. The number of piperidine rings is 1. The molecule has 3 atom stereocenters. The Bertz CT molecular complexity index is 643. The molecule has 0 aliphatic carbocycles. The number of methoxy groups -OCH3 is 1. The Balaban J connectivity index is 1.85.